The first-order valence-corrected chi connectivity index (χ1v) is 9.39. The second-order valence-corrected chi connectivity index (χ2v) is 7.62. The monoisotopic (exact) mass is 354 g/mol. The molecule has 2 aliphatic carbocycles. The van der Waals surface area contributed by atoms with Crippen LogP contribution in [0.5, 0.6) is 0 Å². The Bertz CT molecular complexity index is 1380. The van der Waals surface area contributed by atoms with Gasteiger partial charge in [-0.3, -0.25) is 0 Å². The predicted octanol–water partition coefficient (Wildman–Crippen LogP) is 2.39. The van der Waals surface area contributed by atoms with Crippen LogP contribution in [0.4, 0.5) is 0 Å². The number of fused-ring (bicyclic) bond motifs is 4. The van der Waals surface area contributed by atoms with Gasteiger partial charge in [-0.05, 0) is 51.5 Å². The van der Waals surface area contributed by atoms with E-state index in [9.17, 15) is 0 Å². The molecule has 0 amide bonds. The van der Waals surface area contributed by atoms with Crippen molar-refractivity contribution in [1.82, 2.24) is 9.55 Å². The molecule has 2 aromatic heterocycles. The summed E-state index contributed by atoms with van der Waals surface area (Å²) < 4.78 is 8.40. The van der Waals surface area contributed by atoms with Gasteiger partial charge in [-0.15, -0.1) is 0 Å². The van der Waals surface area contributed by atoms with E-state index in [1.807, 2.05) is 12.1 Å². The van der Waals surface area contributed by atoms with Crippen LogP contribution in [-0.4, -0.2) is 9.55 Å². The molecular formula is C24H22N2O. The largest absolute Gasteiger partial charge is 0.456 e. The predicted molar refractivity (Wildman–Crippen MR) is 111 cm³/mol. The van der Waals surface area contributed by atoms with Gasteiger partial charge in [0.05, 0.1) is 16.2 Å². The first-order valence-electron chi connectivity index (χ1n) is 9.39. The molecule has 0 saturated carbocycles. The summed E-state index contributed by atoms with van der Waals surface area (Å²) in [6.45, 7) is 6.48. The quantitative estimate of drug-likeness (QED) is 0.672. The van der Waals surface area contributed by atoms with Crippen LogP contribution in [-0.2, 0) is 5.54 Å². The number of rotatable bonds is 1. The highest BCUT2D eigenvalue weighted by Crippen LogP contribution is 2.22. The molecule has 27 heavy (non-hydrogen) atoms. The number of hydrogen-bond donors (Lipinski definition) is 0. The van der Waals surface area contributed by atoms with Crippen molar-refractivity contribution in [2.45, 2.75) is 32.7 Å². The summed E-state index contributed by atoms with van der Waals surface area (Å²) in [6, 6.07) is 8.23. The second kappa shape index (κ2) is 5.71. The number of imidazole rings is 1. The van der Waals surface area contributed by atoms with Crippen LogP contribution in [0.2, 0.25) is 0 Å². The van der Waals surface area contributed by atoms with Gasteiger partial charge in [-0.1, -0.05) is 48.1 Å². The smallest absolute Gasteiger partial charge is 0.135 e. The average molecular weight is 354 g/mol. The standard InChI is InChI=1S/C24H22N2O/c1-16-10-12-20-21(13-11-16)26(17(2)25-20)24(3)14-6-9-23-19(15-24)18-7-4-5-8-22(18)27-23/h4-9,11-15H,10H2,1-3H3. The molecule has 2 heterocycles. The highest BCUT2D eigenvalue weighted by molar-refractivity contribution is 5.80. The van der Waals surface area contributed by atoms with Crippen LogP contribution in [0, 0.1) is 6.92 Å². The molecule has 0 radical (unpaired) electrons. The van der Waals surface area contributed by atoms with E-state index in [4.69, 9.17) is 9.40 Å². The van der Waals surface area contributed by atoms with Crippen LogP contribution >= 0.6 is 0 Å². The van der Waals surface area contributed by atoms with E-state index in [0.717, 1.165) is 44.5 Å². The summed E-state index contributed by atoms with van der Waals surface area (Å²) in [6.07, 6.45) is 16.3. The van der Waals surface area contributed by atoms with Crippen molar-refractivity contribution >= 4 is 35.3 Å². The lowest BCUT2D eigenvalue weighted by atomic mass is 9.99. The van der Waals surface area contributed by atoms with Gasteiger partial charge in [0, 0.05) is 10.6 Å². The van der Waals surface area contributed by atoms with E-state index >= 15 is 0 Å². The Morgan fingerprint density at radius 3 is 2.85 bits per heavy atom. The van der Waals surface area contributed by atoms with Crippen molar-refractivity contribution in [1.29, 1.82) is 0 Å². The number of para-hydroxylation sites is 1. The molecule has 0 aliphatic heterocycles. The molecule has 1 atom stereocenters. The number of nitrogens with zero attached hydrogens (tertiary/aromatic N) is 2. The van der Waals surface area contributed by atoms with Gasteiger partial charge in [0.15, 0.2) is 0 Å². The second-order valence-electron chi connectivity index (χ2n) is 7.62. The Hall–Kier alpha value is -3.07. The molecule has 0 N–H and O–H groups in total. The Morgan fingerprint density at radius 1 is 1.11 bits per heavy atom. The summed E-state index contributed by atoms with van der Waals surface area (Å²) in [7, 11) is 0. The third-order valence-corrected chi connectivity index (χ3v) is 5.51. The Balaban J connectivity index is 1.86. The average Bonchev–Trinajstić information content (AvgIpc) is 3.02. The van der Waals surface area contributed by atoms with Crippen molar-refractivity contribution in [2.24, 2.45) is 0 Å². The molecule has 3 nitrogen and oxygen atoms in total. The molecule has 3 aromatic rings. The van der Waals surface area contributed by atoms with Crippen LogP contribution in [0.1, 0.15) is 26.1 Å². The third-order valence-electron chi connectivity index (χ3n) is 5.51. The molecule has 1 unspecified atom stereocenters. The van der Waals surface area contributed by atoms with Gasteiger partial charge in [0.1, 0.15) is 16.8 Å². The fourth-order valence-corrected chi connectivity index (χ4v) is 4.20. The normalized spacial score (nSPS) is 20.9. The highest BCUT2D eigenvalue weighted by atomic mass is 16.3. The molecule has 1 aromatic carbocycles. The first-order chi connectivity index (χ1) is 13.0. The van der Waals surface area contributed by atoms with Crippen molar-refractivity contribution in [3.8, 4) is 0 Å². The third kappa shape index (κ3) is 2.46. The van der Waals surface area contributed by atoms with Crippen molar-refractivity contribution in [3.05, 3.63) is 75.2 Å². The lowest BCUT2D eigenvalue weighted by Gasteiger charge is -2.26. The van der Waals surface area contributed by atoms with Crippen LogP contribution < -0.4 is 21.3 Å². The van der Waals surface area contributed by atoms with Gasteiger partial charge in [0.25, 0.3) is 0 Å². The van der Waals surface area contributed by atoms with E-state index in [1.54, 1.807) is 0 Å². The molecular weight excluding hydrogens is 332 g/mol. The molecule has 0 fully saturated rings. The minimum absolute atomic E-state index is 0.338. The molecule has 0 spiro atoms. The SMILES string of the molecule is CC1=CC=c2c(nc(C)n2C2(C)C=CC=c3oc4ccccc4c3=C2)=CC1. The zero-order valence-corrected chi connectivity index (χ0v) is 15.9. The van der Waals surface area contributed by atoms with Crippen molar-refractivity contribution in [2.75, 3.05) is 0 Å². The number of furan rings is 1. The molecule has 5 rings (SSSR count). The zero-order valence-electron chi connectivity index (χ0n) is 15.9. The minimum atomic E-state index is -0.338. The van der Waals surface area contributed by atoms with Crippen LogP contribution in [0.15, 0.2) is 52.5 Å². The molecule has 0 saturated heterocycles. The van der Waals surface area contributed by atoms with Gasteiger partial charge in [-0.2, -0.15) is 0 Å². The summed E-state index contributed by atoms with van der Waals surface area (Å²) in [5, 5.41) is 4.51. The number of aryl methyl sites for hydroxylation is 1. The number of benzene rings is 1. The Morgan fingerprint density at radius 2 is 1.96 bits per heavy atom. The minimum Gasteiger partial charge on any atom is -0.456 e. The van der Waals surface area contributed by atoms with Gasteiger partial charge in [0.2, 0.25) is 0 Å². The fourth-order valence-electron chi connectivity index (χ4n) is 4.20. The summed E-state index contributed by atoms with van der Waals surface area (Å²) in [4.78, 5) is 4.86. The summed E-state index contributed by atoms with van der Waals surface area (Å²) >= 11 is 0. The van der Waals surface area contributed by atoms with Gasteiger partial charge < -0.3 is 8.98 Å². The first kappa shape index (κ1) is 16.1. The molecule has 134 valence electrons. The molecule has 3 heteroatoms. The summed E-state index contributed by atoms with van der Waals surface area (Å²) in [5.41, 5.74) is 2.84. The number of aromatic nitrogens is 2. The van der Waals surface area contributed by atoms with E-state index in [0.29, 0.717) is 0 Å². The van der Waals surface area contributed by atoms with Crippen LogP contribution in [0.3, 0.4) is 0 Å². The van der Waals surface area contributed by atoms with Gasteiger partial charge in [-0.25, -0.2) is 4.98 Å². The lowest BCUT2D eigenvalue weighted by Crippen LogP contribution is -2.41. The van der Waals surface area contributed by atoms with E-state index in [-0.39, 0.29) is 5.54 Å². The Labute approximate surface area is 157 Å². The maximum Gasteiger partial charge on any atom is 0.135 e. The highest BCUT2D eigenvalue weighted by Gasteiger charge is 2.25. The molecule has 2 aliphatic rings. The topological polar surface area (TPSA) is 31.0 Å². The number of allylic oxidation sites excluding steroid dienone is 4. The fraction of sp³-hybridized carbons (Fsp3) is 0.208. The molecule has 0 bridgehead atoms. The van der Waals surface area contributed by atoms with E-state index < -0.39 is 0 Å². The maximum absolute atomic E-state index is 6.07. The van der Waals surface area contributed by atoms with Gasteiger partial charge >= 0.3 is 0 Å². The maximum atomic E-state index is 6.07. The van der Waals surface area contributed by atoms with E-state index in [1.165, 1.54) is 5.57 Å². The van der Waals surface area contributed by atoms with Crippen molar-refractivity contribution in [3.63, 3.8) is 0 Å². The lowest BCUT2D eigenvalue weighted by molar-refractivity contribution is 0.517. The summed E-state index contributed by atoms with van der Waals surface area (Å²) in [5.74, 6) is 1.01. The van der Waals surface area contributed by atoms with E-state index in [2.05, 4.69) is 80.0 Å². The number of hydrogen-bond acceptors (Lipinski definition) is 2. The zero-order chi connectivity index (χ0) is 18.6. The van der Waals surface area contributed by atoms with Crippen molar-refractivity contribution < 1.29 is 4.42 Å². The van der Waals surface area contributed by atoms with Crippen LogP contribution in [0.25, 0.3) is 35.3 Å². The Kier molecular flexibility index (Phi) is 3.41.